The highest BCUT2D eigenvalue weighted by Gasteiger charge is 2.18. The van der Waals surface area contributed by atoms with Gasteiger partial charge in [-0.15, -0.1) is 0 Å². The standard InChI is InChI=1S/C8H9Cl2NO3S/c1-2-14-5-3-4-6(15(11,12)13)8(10)7(5)9/h3-4H,2H2,1H3,(H2,11,12,13). The van der Waals surface area contributed by atoms with Crippen molar-refractivity contribution in [3.63, 3.8) is 0 Å². The number of sulfonamides is 1. The number of halogens is 2. The molecule has 0 aliphatic heterocycles. The summed E-state index contributed by atoms with van der Waals surface area (Å²) in [7, 11) is -3.86. The molecule has 4 nitrogen and oxygen atoms in total. The minimum absolute atomic E-state index is 0.0463. The predicted octanol–water partition coefficient (Wildman–Crippen LogP) is 2.04. The number of rotatable bonds is 3. The predicted molar refractivity (Wildman–Crippen MR) is 59.0 cm³/mol. The van der Waals surface area contributed by atoms with Crippen molar-refractivity contribution < 1.29 is 13.2 Å². The molecule has 1 aromatic carbocycles. The summed E-state index contributed by atoms with van der Waals surface area (Å²) < 4.78 is 27.3. The molecular formula is C8H9Cl2NO3S. The van der Waals surface area contributed by atoms with Gasteiger partial charge in [0.05, 0.1) is 11.6 Å². The summed E-state index contributed by atoms with van der Waals surface area (Å²) in [6.07, 6.45) is 0. The van der Waals surface area contributed by atoms with E-state index in [0.29, 0.717) is 12.4 Å². The summed E-state index contributed by atoms with van der Waals surface area (Å²) in [5.41, 5.74) is 0. The van der Waals surface area contributed by atoms with Gasteiger partial charge in [0.25, 0.3) is 0 Å². The SMILES string of the molecule is CCOc1ccc(S(N)(=O)=O)c(Cl)c1Cl. The lowest BCUT2D eigenvalue weighted by atomic mass is 10.3. The van der Waals surface area contributed by atoms with Gasteiger partial charge in [0.2, 0.25) is 10.0 Å². The van der Waals surface area contributed by atoms with E-state index in [2.05, 4.69) is 0 Å². The van der Waals surface area contributed by atoms with Crippen molar-refractivity contribution in [2.45, 2.75) is 11.8 Å². The zero-order valence-corrected chi connectivity index (χ0v) is 10.2. The van der Waals surface area contributed by atoms with Crippen LogP contribution in [0.1, 0.15) is 6.92 Å². The van der Waals surface area contributed by atoms with Gasteiger partial charge in [-0.05, 0) is 19.1 Å². The van der Waals surface area contributed by atoms with Crippen LogP contribution in [0.15, 0.2) is 17.0 Å². The quantitative estimate of drug-likeness (QED) is 0.913. The van der Waals surface area contributed by atoms with Crippen molar-refractivity contribution in [2.75, 3.05) is 6.61 Å². The topological polar surface area (TPSA) is 69.4 Å². The molecule has 2 N–H and O–H groups in total. The van der Waals surface area contributed by atoms with Crippen molar-refractivity contribution >= 4 is 33.2 Å². The summed E-state index contributed by atoms with van der Waals surface area (Å²) in [5.74, 6) is 0.330. The van der Waals surface area contributed by atoms with Crippen molar-refractivity contribution in [3.8, 4) is 5.75 Å². The molecule has 0 unspecified atom stereocenters. The highest BCUT2D eigenvalue weighted by molar-refractivity contribution is 7.89. The Morgan fingerprint density at radius 2 is 1.93 bits per heavy atom. The molecule has 1 rings (SSSR count). The molecule has 7 heteroatoms. The van der Waals surface area contributed by atoms with Crippen molar-refractivity contribution in [3.05, 3.63) is 22.2 Å². The van der Waals surface area contributed by atoms with E-state index in [1.807, 2.05) is 0 Å². The van der Waals surface area contributed by atoms with Gasteiger partial charge in [0.1, 0.15) is 15.7 Å². The van der Waals surface area contributed by atoms with Crippen LogP contribution >= 0.6 is 23.2 Å². The Kier molecular flexibility index (Phi) is 3.83. The fourth-order valence-electron chi connectivity index (χ4n) is 1.00. The van der Waals surface area contributed by atoms with Gasteiger partial charge in [-0.25, -0.2) is 13.6 Å². The van der Waals surface area contributed by atoms with E-state index in [0.717, 1.165) is 0 Å². The first-order chi connectivity index (χ1) is 6.88. The molecule has 0 fully saturated rings. The Balaban J connectivity index is 3.34. The number of hydrogen-bond acceptors (Lipinski definition) is 3. The third-order valence-electron chi connectivity index (χ3n) is 1.62. The van der Waals surface area contributed by atoms with E-state index in [4.69, 9.17) is 33.1 Å². The lowest BCUT2D eigenvalue weighted by Crippen LogP contribution is -2.13. The fourth-order valence-corrected chi connectivity index (χ4v) is 2.36. The zero-order valence-electron chi connectivity index (χ0n) is 7.83. The average Bonchev–Trinajstić information content (AvgIpc) is 2.11. The number of nitrogens with two attached hydrogens (primary N) is 1. The molecular weight excluding hydrogens is 261 g/mol. The second-order valence-electron chi connectivity index (χ2n) is 2.67. The van der Waals surface area contributed by atoms with E-state index in [1.165, 1.54) is 12.1 Å². The number of benzene rings is 1. The minimum atomic E-state index is -3.86. The molecule has 84 valence electrons. The minimum Gasteiger partial charge on any atom is -0.492 e. The van der Waals surface area contributed by atoms with E-state index in [1.54, 1.807) is 6.92 Å². The zero-order chi connectivity index (χ0) is 11.6. The summed E-state index contributed by atoms with van der Waals surface area (Å²) in [4.78, 5) is -0.211. The normalized spacial score (nSPS) is 11.5. The lowest BCUT2D eigenvalue weighted by Gasteiger charge is -2.09. The molecule has 0 saturated heterocycles. The molecule has 0 atom stereocenters. The molecule has 0 aliphatic carbocycles. The Bertz CT molecular complexity index is 473. The lowest BCUT2D eigenvalue weighted by molar-refractivity contribution is 0.340. The van der Waals surface area contributed by atoms with Crippen molar-refractivity contribution in [1.29, 1.82) is 0 Å². The van der Waals surface area contributed by atoms with E-state index >= 15 is 0 Å². The van der Waals surface area contributed by atoms with Crippen LogP contribution in [0.3, 0.4) is 0 Å². The summed E-state index contributed by atoms with van der Waals surface area (Å²) >= 11 is 11.6. The number of ether oxygens (including phenoxy) is 1. The molecule has 0 amide bonds. The van der Waals surface area contributed by atoms with E-state index < -0.39 is 10.0 Å². The molecule has 0 spiro atoms. The maximum Gasteiger partial charge on any atom is 0.239 e. The van der Waals surface area contributed by atoms with Crippen LogP contribution in [-0.2, 0) is 10.0 Å². The van der Waals surface area contributed by atoms with Crippen molar-refractivity contribution in [2.24, 2.45) is 5.14 Å². The summed E-state index contributed by atoms with van der Waals surface area (Å²) in [6.45, 7) is 2.18. The third kappa shape index (κ3) is 2.75. The Labute approximate surface area is 98.0 Å². The van der Waals surface area contributed by atoms with Gasteiger partial charge in [-0.3, -0.25) is 0 Å². The Hall–Kier alpha value is -0.490. The molecule has 15 heavy (non-hydrogen) atoms. The molecule has 0 heterocycles. The fraction of sp³-hybridized carbons (Fsp3) is 0.250. The van der Waals surface area contributed by atoms with Gasteiger partial charge in [-0.1, -0.05) is 23.2 Å². The van der Waals surface area contributed by atoms with Gasteiger partial charge in [0.15, 0.2) is 0 Å². The molecule has 0 aromatic heterocycles. The second-order valence-corrected chi connectivity index (χ2v) is 4.95. The maximum absolute atomic E-state index is 11.1. The van der Waals surface area contributed by atoms with E-state index in [9.17, 15) is 8.42 Å². The van der Waals surface area contributed by atoms with E-state index in [-0.39, 0.29) is 14.9 Å². The molecule has 0 radical (unpaired) electrons. The Morgan fingerprint density at radius 3 is 2.40 bits per heavy atom. The van der Waals surface area contributed by atoms with Crippen LogP contribution in [-0.4, -0.2) is 15.0 Å². The second kappa shape index (κ2) is 4.57. The van der Waals surface area contributed by atoms with Gasteiger partial charge < -0.3 is 4.74 Å². The van der Waals surface area contributed by atoms with Crippen LogP contribution in [0.2, 0.25) is 10.0 Å². The van der Waals surface area contributed by atoms with Gasteiger partial charge in [-0.2, -0.15) is 0 Å². The summed E-state index contributed by atoms with van der Waals surface area (Å²) in [5, 5.41) is 4.86. The van der Waals surface area contributed by atoms with Crippen LogP contribution < -0.4 is 9.88 Å². The first-order valence-corrected chi connectivity index (χ1v) is 6.31. The molecule has 0 saturated carbocycles. The third-order valence-corrected chi connectivity index (χ3v) is 3.55. The highest BCUT2D eigenvalue weighted by atomic mass is 35.5. The van der Waals surface area contributed by atoms with Crippen LogP contribution in [0, 0.1) is 0 Å². The monoisotopic (exact) mass is 269 g/mol. The largest absolute Gasteiger partial charge is 0.492 e. The smallest absolute Gasteiger partial charge is 0.239 e. The van der Waals surface area contributed by atoms with Crippen LogP contribution in [0.5, 0.6) is 5.75 Å². The van der Waals surface area contributed by atoms with Gasteiger partial charge >= 0.3 is 0 Å². The maximum atomic E-state index is 11.1. The molecule has 0 bridgehead atoms. The van der Waals surface area contributed by atoms with Crippen LogP contribution in [0.4, 0.5) is 0 Å². The first kappa shape index (κ1) is 12.6. The molecule has 1 aromatic rings. The number of hydrogen-bond donors (Lipinski definition) is 1. The Morgan fingerprint density at radius 1 is 1.33 bits per heavy atom. The van der Waals surface area contributed by atoms with Crippen LogP contribution in [0.25, 0.3) is 0 Å². The summed E-state index contributed by atoms with van der Waals surface area (Å²) in [6, 6.07) is 2.67. The van der Waals surface area contributed by atoms with Crippen molar-refractivity contribution in [1.82, 2.24) is 0 Å². The average molecular weight is 270 g/mol. The van der Waals surface area contributed by atoms with Gasteiger partial charge in [0, 0.05) is 0 Å². The first-order valence-electron chi connectivity index (χ1n) is 4.01. The molecule has 0 aliphatic rings. The number of primary sulfonamides is 1. The highest BCUT2D eigenvalue weighted by Crippen LogP contribution is 2.36.